The first-order valence-electron chi connectivity index (χ1n) is 12.3. The summed E-state index contributed by atoms with van der Waals surface area (Å²) in [6.45, 7) is 0. The number of hydrazone groups is 1. The zero-order chi connectivity index (χ0) is 26.2. The van der Waals surface area contributed by atoms with E-state index >= 15 is 0 Å². The lowest BCUT2D eigenvalue weighted by molar-refractivity contribution is -0.384. The van der Waals surface area contributed by atoms with Crippen LogP contribution in [0.25, 0.3) is 17.3 Å². The largest absolute Gasteiger partial charge is 0.269 e. The fraction of sp³-hybridized carbons (Fsp3) is 0.172. The molecule has 1 aliphatic heterocycles. The number of nitro groups is 1. The summed E-state index contributed by atoms with van der Waals surface area (Å²) in [5, 5.41) is 22.4. The number of non-ortho nitro benzene ring substituents is 1. The van der Waals surface area contributed by atoms with Gasteiger partial charge in [0.15, 0.2) is 0 Å². The molecule has 2 aliphatic rings. The van der Waals surface area contributed by atoms with Crippen LogP contribution in [0.1, 0.15) is 36.4 Å². The van der Waals surface area contributed by atoms with E-state index in [0.717, 1.165) is 52.5 Å². The fourth-order valence-electron chi connectivity index (χ4n) is 5.17. The van der Waals surface area contributed by atoms with Crippen LogP contribution in [0, 0.1) is 16.0 Å². The number of hydrogen-bond acceptors (Lipinski definition) is 6. The van der Waals surface area contributed by atoms with E-state index in [2.05, 4.69) is 18.2 Å². The summed E-state index contributed by atoms with van der Waals surface area (Å²) in [5.74, 6) is 0.218. The lowest BCUT2D eigenvalue weighted by Crippen LogP contribution is -2.28. The van der Waals surface area contributed by atoms with Gasteiger partial charge in [0.1, 0.15) is 0 Å². The topological polar surface area (TPSA) is 71.6 Å². The van der Waals surface area contributed by atoms with Gasteiger partial charge in [-0.15, -0.1) is 11.3 Å². The van der Waals surface area contributed by atoms with Crippen LogP contribution in [0.15, 0.2) is 88.9 Å². The Morgan fingerprint density at radius 2 is 1.66 bits per heavy atom. The zero-order valence-corrected chi connectivity index (χ0v) is 22.5. The summed E-state index contributed by atoms with van der Waals surface area (Å²) >= 11 is 13.8. The molecule has 0 spiro atoms. The average molecular weight is 561 g/mol. The Kier molecular flexibility index (Phi) is 6.74. The van der Waals surface area contributed by atoms with Crippen LogP contribution < -0.4 is 5.01 Å². The molecule has 1 aromatic heterocycles. The van der Waals surface area contributed by atoms with Crippen molar-refractivity contribution in [2.24, 2.45) is 11.0 Å². The molecule has 6 nitrogen and oxygen atoms in total. The van der Waals surface area contributed by atoms with Crippen LogP contribution in [0.4, 0.5) is 10.8 Å². The van der Waals surface area contributed by atoms with Crippen molar-refractivity contribution in [3.63, 3.8) is 0 Å². The maximum atomic E-state index is 11.1. The molecule has 0 amide bonds. The molecule has 0 radical (unpaired) electrons. The molecule has 190 valence electrons. The van der Waals surface area contributed by atoms with Gasteiger partial charge in [0.05, 0.1) is 22.4 Å². The number of nitrogens with zero attached hydrogens (tertiary/aromatic N) is 4. The fourth-order valence-corrected chi connectivity index (χ4v) is 6.24. The third-order valence-corrected chi connectivity index (χ3v) is 8.32. The van der Waals surface area contributed by atoms with Crippen LogP contribution >= 0.6 is 34.5 Å². The van der Waals surface area contributed by atoms with Gasteiger partial charge in [0.2, 0.25) is 5.13 Å². The highest BCUT2D eigenvalue weighted by molar-refractivity contribution is 7.14. The number of halogens is 2. The number of anilines is 1. The summed E-state index contributed by atoms with van der Waals surface area (Å²) in [6, 6.07) is 22.3. The number of hydrogen-bond donors (Lipinski definition) is 0. The second kappa shape index (κ2) is 10.3. The number of fused-ring (bicyclic) bond motifs is 1. The van der Waals surface area contributed by atoms with Crippen molar-refractivity contribution in [3.8, 4) is 11.3 Å². The Labute approximate surface area is 234 Å². The molecule has 0 saturated heterocycles. The minimum Gasteiger partial charge on any atom is -0.258 e. The Bertz CT molecular complexity index is 1550. The first-order valence-corrected chi connectivity index (χ1v) is 13.9. The predicted octanol–water partition coefficient (Wildman–Crippen LogP) is 8.83. The number of nitro benzene ring substituents is 1. The molecule has 0 N–H and O–H groups in total. The van der Waals surface area contributed by atoms with Crippen molar-refractivity contribution < 1.29 is 4.92 Å². The number of aromatic nitrogens is 1. The second-order valence-corrected chi connectivity index (χ2v) is 11.1. The van der Waals surface area contributed by atoms with Crippen LogP contribution in [0.2, 0.25) is 10.0 Å². The molecule has 0 bridgehead atoms. The van der Waals surface area contributed by atoms with E-state index in [9.17, 15) is 10.1 Å². The Morgan fingerprint density at radius 1 is 0.974 bits per heavy atom. The maximum absolute atomic E-state index is 11.1. The maximum Gasteiger partial charge on any atom is 0.269 e. The third kappa shape index (κ3) is 4.85. The number of thiazole rings is 1. The smallest absolute Gasteiger partial charge is 0.258 e. The van der Waals surface area contributed by atoms with E-state index < -0.39 is 4.92 Å². The molecule has 38 heavy (non-hydrogen) atoms. The van der Waals surface area contributed by atoms with Crippen LogP contribution in [-0.2, 0) is 0 Å². The van der Waals surface area contributed by atoms with Gasteiger partial charge >= 0.3 is 0 Å². The van der Waals surface area contributed by atoms with Gasteiger partial charge in [-0.3, -0.25) is 10.1 Å². The summed E-state index contributed by atoms with van der Waals surface area (Å²) in [6.07, 6.45) is 5.28. The first kappa shape index (κ1) is 24.8. The summed E-state index contributed by atoms with van der Waals surface area (Å²) in [5.41, 5.74) is 6.22. The van der Waals surface area contributed by atoms with E-state index in [4.69, 9.17) is 33.3 Å². The van der Waals surface area contributed by atoms with Gasteiger partial charge in [-0.2, -0.15) is 5.10 Å². The van der Waals surface area contributed by atoms with Crippen molar-refractivity contribution in [2.45, 2.75) is 25.3 Å². The standard InChI is InChI=1S/C29H22Cl2N4O2S/c30-22-10-4-18(5-11-22)16-21-2-1-3-25-27(21)33-34(28(25)20-6-12-23(31)13-7-20)29-32-26(17-38-29)19-8-14-24(15-9-19)35(36)37/h4-17,25,28H,1-3H2/b21-16+/t25-,28+/m0/s1. The van der Waals surface area contributed by atoms with Crippen molar-refractivity contribution in [1.29, 1.82) is 0 Å². The van der Waals surface area contributed by atoms with E-state index in [1.807, 2.05) is 46.8 Å². The molecule has 2 heterocycles. The highest BCUT2D eigenvalue weighted by atomic mass is 35.5. The molecule has 3 aromatic carbocycles. The molecule has 6 rings (SSSR count). The minimum absolute atomic E-state index is 0.00737. The van der Waals surface area contributed by atoms with Gasteiger partial charge < -0.3 is 0 Å². The van der Waals surface area contributed by atoms with Crippen molar-refractivity contribution >= 4 is 57.1 Å². The Hall–Kier alpha value is -3.52. The van der Waals surface area contributed by atoms with Gasteiger partial charge in [-0.1, -0.05) is 47.5 Å². The van der Waals surface area contributed by atoms with E-state index in [0.29, 0.717) is 10.0 Å². The lowest BCUT2D eigenvalue weighted by Gasteiger charge is -2.29. The summed E-state index contributed by atoms with van der Waals surface area (Å²) in [7, 11) is 0. The van der Waals surface area contributed by atoms with Crippen LogP contribution in [-0.4, -0.2) is 15.6 Å². The molecule has 9 heteroatoms. The van der Waals surface area contributed by atoms with E-state index in [1.165, 1.54) is 29.0 Å². The van der Waals surface area contributed by atoms with E-state index in [-0.39, 0.29) is 17.6 Å². The van der Waals surface area contributed by atoms with Gasteiger partial charge in [0, 0.05) is 39.0 Å². The average Bonchev–Trinajstić information content (AvgIpc) is 3.57. The van der Waals surface area contributed by atoms with Gasteiger partial charge in [0.25, 0.3) is 5.69 Å². The Balaban J connectivity index is 1.39. The monoisotopic (exact) mass is 560 g/mol. The molecule has 4 aromatic rings. The predicted molar refractivity (Wildman–Crippen MR) is 155 cm³/mol. The molecular weight excluding hydrogens is 539 g/mol. The van der Waals surface area contributed by atoms with Crippen molar-refractivity contribution in [1.82, 2.24) is 4.98 Å². The van der Waals surface area contributed by atoms with E-state index in [1.54, 1.807) is 12.1 Å². The molecule has 1 fully saturated rings. The lowest BCUT2D eigenvalue weighted by atomic mass is 9.77. The highest BCUT2D eigenvalue weighted by Gasteiger charge is 2.42. The highest BCUT2D eigenvalue weighted by Crippen LogP contribution is 2.47. The number of rotatable bonds is 5. The quantitative estimate of drug-likeness (QED) is 0.180. The minimum atomic E-state index is -0.399. The summed E-state index contributed by atoms with van der Waals surface area (Å²) < 4.78 is 0. The molecule has 0 unspecified atom stereocenters. The molecular formula is C29H22Cl2N4O2S. The number of benzene rings is 3. The first-order chi connectivity index (χ1) is 18.5. The summed E-state index contributed by atoms with van der Waals surface area (Å²) in [4.78, 5) is 15.6. The molecule has 2 atom stereocenters. The van der Waals surface area contributed by atoms with Gasteiger partial charge in [-0.05, 0) is 78.4 Å². The third-order valence-electron chi connectivity index (χ3n) is 6.99. The Morgan fingerprint density at radius 3 is 2.34 bits per heavy atom. The molecule has 1 saturated carbocycles. The van der Waals surface area contributed by atoms with Crippen molar-refractivity contribution in [3.05, 3.63) is 115 Å². The number of allylic oxidation sites excluding steroid dienone is 1. The second-order valence-electron chi connectivity index (χ2n) is 9.37. The normalized spacial score (nSPS) is 19.9. The molecule has 1 aliphatic carbocycles. The zero-order valence-electron chi connectivity index (χ0n) is 20.1. The van der Waals surface area contributed by atoms with Crippen molar-refractivity contribution in [2.75, 3.05) is 5.01 Å². The van der Waals surface area contributed by atoms with Crippen LogP contribution in [0.5, 0.6) is 0 Å². The van der Waals surface area contributed by atoms with Crippen LogP contribution in [0.3, 0.4) is 0 Å². The van der Waals surface area contributed by atoms with Gasteiger partial charge in [-0.25, -0.2) is 9.99 Å². The SMILES string of the molecule is O=[N+]([O-])c1ccc(-c2csc(N3N=C4/C(=C/c5ccc(Cl)cc5)CCC[C@@H]4[C@H]3c3ccc(Cl)cc3)n2)cc1.